The largest absolute Gasteiger partial charge is 0.497 e. The lowest BCUT2D eigenvalue weighted by Gasteiger charge is -2.29. The molecule has 140 valence electrons. The van der Waals surface area contributed by atoms with Crippen LogP contribution in [0.5, 0.6) is 11.5 Å². The van der Waals surface area contributed by atoms with Gasteiger partial charge in [-0.15, -0.1) is 0 Å². The maximum absolute atomic E-state index is 14.6. The van der Waals surface area contributed by atoms with Crippen molar-refractivity contribution in [2.45, 2.75) is 19.3 Å². The van der Waals surface area contributed by atoms with Crippen molar-refractivity contribution in [3.63, 3.8) is 0 Å². The summed E-state index contributed by atoms with van der Waals surface area (Å²) >= 11 is 0. The van der Waals surface area contributed by atoms with Gasteiger partial charge in [-0.3, -0.25) is 0 Å². The second-order valence-electron chi connectivity index (χ2n) is 6.62. The van der Waals surface area contributed by atoms with Gasteiger partial charge < -0.3 is 14.4 Å². The van der Waals surface area contributed by atoms with E-state index in [0.29, 0.717) is 11.6 Å². The molecular weight excluding hydrogens is 345 g/mol. The van der Waals surface area contributed by atoms with Crippen molar-refractivity contribution in [2.24, 2.45) is 0 Å². The van der Waals surface area contributed by atoms with Crippen molar-refractivity contribution < 1.29 is 13.9 Å². The molecule has 1 aliphatic rings. The third-order valence-electron chi connectivity index (χ3n) is 4.96. The van der Waals surface area contributed by atoms with Gasteiger partial charge >= 0.3 is 0 Å². The Hall–Kier alpha value is -2.89. The number of ether oxygens (including phenoxy) is 2. The summed E-state index contributed by atoms with van der Waals surface area (Å²) in [4.78, 5) is 11.7. The Morgan fingerprint density at radius 3 is 2.52 bits per heavy atom. The quantitative estimate of drug-likeness (QED) is 0.682. The van der Waals surface area contributed by atoms with Gasteiger partial charge in [0, 0.05) is 18.5 Å². The molecular formula is C21H22FN3O2. The Kier molecular flexibility index (Phi) is 4.79. The zero-order valence-corrected chi connectivity index (χ0v) is 15.5. The van der Waals surface area contributed by atoms with Crippen molar-refractivity contribution in [3.8, 4) is 22.9 Å². The molecule has 0 spiro atoms. The van der Waals surface area contributed by atoms with E-state index < -0.39 is 5.82 Å². The third-order valence-corrected chi connectivity index (χ3v) is 4.96. The van der Waals surface area contributed by atoms with Crippen molar-refractivity contribution in [2.75, 3.05) is 32.2 Å². The Morgan fingerprint density at radius 2 is 1.78 bits per heavy atom. The molecule has 1 saturated heterocycles. The predicted octanol–water partition coefficient (Wildman–Crippen LogP) is 4.44. The summed E-state index contributed by atoms with van der Waals surface area (Å²) in [7, 11) is 3.16. The Balaban J connectivity index is 1.95. The highest BCUT2D eigenvalue weighted by molar-refractivity contribution is 5.92. The molecule has 0 N–H and O–H groups in total. The number of piperidine rings is 1. The number of halogens is 1. The van der Waals surface area contributed by atoms with Crippen molar-refractivity contribution >= 4 is 16.7 Å². The molecule has 2 heterocycles. The van der Waals surface area contributed by atoms with Crippen LogP contribution in [0, 0.1) is 5.82 Å². The SMILES string of the molecule is COc1ccc2nc(-c3c(F)cccc3OC)nc(N3CCCCC3)c2c1. The second-order valence-corrected chi connectivity index (χ2v) is 6.62. The van der Waals surface area contributed by atoms with Gasteiger partial charge in [-0.05, 0) is 49.6 Å². The molecule has 0 aliphatic carbocycles. The standard InChI is InChI=1S/C21H22FN3O2/c1-26-14-9-10-17-15(13-14)21(25-11-4-3-5-12-25)24-20(23-17)19-16(22)7-6-8-18(19)27-2/h6-10,13H,3-5,11-12H2,1-2H3. The number of hydrogen-bond donors (Lipinski definition) is 0. The normalized spacial score (nSPS) is 14.4. The molecule has 0 unspecified atom stereocenters. The van der Waals surface area contributed by atoms with Crippen molar-refractivity contribution in [1.82, 2.24) is 9.97 Å². The van der Waals surface area contributed by atoms with E-state index in [0.717, 1.165) is 48.4 Å². The van der Waals surface area contributed by atoms with E-state index in [9.17, 15) is 4.39 Å². The van der Waals surface area contributed by atoms with Crippen molar-refractivity contribution in [3.05, 3.63) is 42.2 Å². The van der Waals surface area contributed by atoms with E-state index in [1.54, 1.807) is 19.2 Å². The van der Waals surface area contributed by atoms with E-state index in [-0.39, 0.29) is 5.56 Å². The van der Waals surface area contributed by atoms with Gasteiger partial charge in [-0.25, -0.2) is 14.4 Å². The predicted molar refractivity (Wildman–Crippen MR) is 104 cm³/mol. The number of aromatic nitrogens is 2. The van der Waals surface area contributed by atoms with E-state index >= 15 is 0 Å². The van der Waals surface area contributed by atoms with Gasteiger partial charge in [-0.1, -0.05) is 6.07 Å². The first-order valence-corrected chi connectivity index (χ1v) is 9.15. The molecule has 1 aliphatic heterocycles. The van der Waals surface area contributed by atoms with Crippen LogP contribution in [0.25, 0.3) is 22.3 Å². The highest BCUT2D eigenvalue weighted by atomic mass is 19.1. The van der Waals surface area contributed by atoms with Crippen LogP contribution >= 0.6 is 0 Å². The average Bonchev–Trinajstić information content (AvgIpc) is 2.73. The maximum atomic E-state index is 14.6. The van der Waals surface area contributed by atoms with Crippen LogP contribution in [0.1, 0.15) is 19.3 Å². The second kappa shape index (κ2) is 7.39. The smallest absolute Gasteiger partial charge is 0.168 e. The molecule has 6 heteroatoms. The number of nitrogens with zero attached hydrogens (tertiary/aromatic N) is 3. The molecule has 4 rings (SSSR count). The Bertz CT molecular complexity index is 971. The number of benzene rings is 2. The van der Waals surface area contributed by atoms with Crippen LogP contribution in [0.4, 0.5) is 10.2 Å². The molecule has 5 nitrogen and oxygen atoms in total. The van der Waals surface area contributed by atoms with Gasteiger partial charge in [0.2, 0.25) is 0 Å². The molecule has 1 fully saturated rings. The summed E-state index contributed by atoms with van der Waals surface area (Å²) in [5.74, 6) is 1.93. The Labute approximate surface area is 157 Å². The fraction of sp³-hybridized carbons (Fsp3) is 0.333. The zero-order chi connectivity index (χ0) is 18.8. The molecule has 2 aromatic carbocycles. The van der Waals surface area contributed by atoms with Gasteiger partial charge in [-0.2, -0.15) is 0 Å². The molecule has 0 radical (unpaired) electrons. The van der Waals surface area contributed by atoms with Gasteiger partial charge in [0.15, 0.2) is 5.82 Å². The van der Waals surface area contributed by atoms with Crippen LogP contribution in [0.15, 0.2) is 36.4 Å². The van der Waals surface area contributed by atoms with Crippen LogP contribution in [-0.4, -0.2) is 37.3 Å². The van der Waals surface area contributed by atoms with E-state index in [1.807, 2.05) is 18.2 Å². The summed E-state index contributed by atoms with van der Waals surface area (Å²) in [5.41, 5.74) is 1.04. The van der Waals surface area contributed by atoms with Gasteiger partial charge in [0.25, 0.3) is 0 Å². The molecule has 0 atom stereocenters. The maximum Gasteiger partial charge on any atom is 0.168 e. The van der Waals surface area contributed by atoms with Crippen LogP contribution in [0.2, 0.25) is 0 Å². The minimum atomic E-state index is -0.396. The van der Waals surface area contributed by atoms with Crippen LogP contribution in [0.3, 0.4) is 0 Å². The fourth-order valence-electron chi connectivity index (χ4n) is 3.57. The fourth-order valence-corrected chi connectivity index (χ4v) is 3.57. The monoisotopic (exact) mass is 367 g/mol. The summed E-state index contributed by atoms with van der Waals surface area (Å²) in [6, 6.07) is 10.4. The molecule has 1 aromatic heterocycles. The molecule has 0 saturated carbocycles. The topological polar surface area (TPSA) is 47.5 Å². The first kappa shape index (κ1) is 17.5. The summed E-state index contributed by atoms with van der Waals surface area (Å²) < 4.78 is 25.4. The molecule has 27 heavy (non-hydrogen) atoms. The lowest BCUT2D eigenvalue weighted by molar-refractivity contribution is 0.413. The number of methoxy groups -OCH3 is 2. The number of fused-ring (bicyclic) bond motifs is 1. The first-order chi connectivity index (χ1) is 13.2. The Morgan fingerprint density at radius 1 is 0.963 bits per heavy atom. The zero-order valence-electron chi connectivity index (χ0n) is 15.5. The third kappa shape index (κ3) is 3.27. The van der Waals surface area contributed by atoms with E-state index in [2.05, 4.69) is 9.88 Å². The van der Waals surface area contributed by atoms with E-state index in [1.165, 1.54) is 19.6 Å². The lowest BCUT2D eigenvalue weighted by atomic mass is 10.1. The van der Waals surface area contributed by atoms with E-state index in [4.69, 9.17) is 14.5 Å². The average molecular weight is 367 g/mol. The first-order valence-electron chi connectivity index (χ1n) is 9.15. The van der Waals surface area contributed by atoms with Gasteiger partial charge in [0.05, 0.1) is 25.3 Å². The highest BCUT2D eigenvalue weighted by Gasteiger charge is 2.21. The molecule has 3 aromatic rings. The van der Waals surface area contributed by atoms with Crippen LogP contribution in [-0.2, 0) is 0 Å². The summed E-state index contributed by atoms with van der Waals surface area (Å²) in [6.45, 7) is 1.86. The van der Waals surface area contributed by atoms with Crippen LogP contribution < -0.4 is 14.4 Å². The summed E-state index contributed by atoms with van der Waals surface area (Å²) in [6.07, 6.45) is 3.46. The number of hydrogen-bond acceptors (Lipinski definition) is 5. The highest BCUT2D eigenvalue weighted by Crippen LogP contribution is 2.35. The minimum Gasteiger partial charge on any atom is -0.497 e. The number of anilines is 1. The molecule has 0 bridgehead atoms. The van der Waals surface area contributed by atoms with Crippen molar-refractivity contribution in [1.29, 1.82) is 0 Å². The molecule has 0 amide bonds. The lowest BCUT2D eigenvalue weighted by Crippen LogP contribution is -2.30. The summed E-state index contributed by atoms with van der Waals surface area (Å²) in [5, 5.41) is 0.912. The number of rotatable bonds is 4. The minimum absolute atomic E-state index is 0.288. The van der Waals surface area contributed by atoms with Gasteiger partial charge in [0.1, 0.15) is 23.1 Å².